The highest BCUT2D eigenvalue weighted by molar-refractivity contribution is 5.87. The maximum Gasteiger partial charge on any atom is 0.246 e. The van der Waals surface area contributed by atoms with Crippen LogP contribution in [-0.2, 0) is 17.9 Å². The lowest BCUT2D eigenvalue weighted by atomic mass is 9.95. The summed E-state index contributed by atoms with van der Waals surface area (Å²) in [4.78, 5) is 19.4. The van der Waals surface area contributed by atoms with E-state index >= 15 is 4.39 Å². The van der Waals surface area contributed by atoms with Gasteiger partial charge in [0.25, 0.3) is 0 Å². The molecule has 1 N–H and O–H groups in total. The molecular weight excluding hydrogens is 548 g/mol. The number of hydrogen-bond donors (Lipinski definition) is 1. The zero-order chi connectivity index (χ0) is 29.6. The molecule has 1 saturated heterocycles. The first-order valence-corrected chi connectivity index (χ1v) is 13.6. The smallest absolute Gasteiger partial charge is 0.246 e. The van der Waals surface area contributed by atoms with Crippen molar-refractivity contribution in [1.82, 2.24) is 34.2 Å². The predicted molar refractivity (Wildman–Crippen MR) is 148 cm³/mol. The van der Waals surface area contributed by atoms with Crippen LogP contribution in [0.25, 0.3) is 16.8 Å². The molecule has 2 aliphatic heterocycles. The Hall–Kier alpha value is -4.36. The summed E-state index contributed by atoms with van der Waals surface area (Å²) in [6, 6.07) is 4.53. The number of aliphatic hydroxyl groups is 1. The largest absolute Gasteiger partial charge is 0.493 e. The molecule has 4 aromatic heterocycles. The summed E-state index contributed by atoms with van der Waals surface area (Å²) in [5.74, 6) is 0.104. The lowest BCUT2D eigenvalue weighted by Crippen LogP contribution is -2.65. The fourth-order valence-corrected chi connectivity index (χ4v) is 5.68. The van der Waals surface area contributed by atoms with E-state index in [-0.39, 0.29) is 25.5 Å². The van der Waals surface area contributed by atoms with Crippen molar-refractivity contribution < 1.29 is 28.2 Å². The zero-order valence-electron chi connectivity index (χ0n) is 23.3. The van der Waals surface area contributed by atoms with Crippen LogP contribution in [0.1, 0.15) is 23.1 Å². The second-order valence-corrected chi connectivity index (χ2v) is 10.7. The number of aliphatic hydroxyl groups excluding tert-OH is 1. The average molecular weight is 580 g/mol. The molecule has 0 aromatic carbocycles. The van der Waals surface area contributed by atoms with Gasteiger partial charge in [0, 0.05) is 31.4 Å². The number of nitrogens with zero attached hydrogens (tertiary/aromatic N) is 7. The Morgan fingerprint density at radius 2 is 2.07 bits per heavy atom. The Kier molecular flexibility index (Phi) is 7.15. The maximum absolute atomic E-state index is 15.3. The molecular formula is C29H31F2N7O4. The van der Waals surface area contributed by atoms with Crippen molar-refractivity contribution in [3.63, 3.8) is 0 Å². The van der Waals surface area contributed by atoms with Crippen molar-refractivity contribution >= 4 is 11.4 Å². The molecule has 42 heavy (non-hydrogen) atoms. The summed E-state index contributed by atoms with van der Waals surface area (Å²) in [6.07, 6.45) is 4.80. The number of pyridine rings is 2. The molecule has 6 heterocycles. The van der Waals surface area contributed by atoms with Gasteiger partial charge in [-0.1, -0.05) is 6.58 Å². The molecule has 11 nitrogen and oxygen atoms in total. The summed E-state index contributed by atoms with van der Waals surface area (Å²) in [6.45, 7) is 7.15. The van der Waals surface area contributed by atoms with E-state index < -0.39 is 24.2 Å². The van der Waals surface area contributed by atoms with Crippen LogP contribution in [0.3, 0.4) is 0 Å². The van der Waals surface area contributed by atoms with Crippen LogP contribution >= 0.6 is 0 Å². The molecule has 0 aliphatic carbocycles. The number of fused-ring (bicyclic) bond motifs is 2. The first-order chi connectivity index (χ1) is 20.2. The van der Waals surface area contributed by atoms with E-state index in [4.69, 9.17) is 14.6 Å². The average Bonchev–Trinajstić information content (AvgIpc) is 3.55. The molecule has 4 aromatic rings. The van der Waals surface area contributed by atoms with Crippen molar-refractivity contribution in [2.75, 3.05) is 39.9 Å². The van der Waals surface area contributed by atoms with Gasteiger partial charge in [-0.05, 0) is 36.8 Å². The third kappa shape index (κ3) is 4.98. The minimum Gasteiger partial charge on any atom is -0.493 e. The Labute approximate surface area is 240 Å². The number of carbonyl (C=O) groups is 1. The number of methoxy groups -OCH3 is 1. The first-order valence-electron chi connectivity index (χ1n) is 13.6. The number of carbonyl (C=O) groups excluding carboxylic acids is 1. The van der Waals surface area contributed by atoms with Crippen molar-refractivity contribution in [1.29, 1.82) is 0 Å². The van der Waals surface area contributed by atoms with Crippen LogP contribution in [0.2, 0.25) is 0 Å². The molecule has 13 heteroatoms. The molecule has 1 unspecified atom stereocenters. The van der Waals surface area contributed by atoms with Crippen LogP contribution in [-0.4, -0.2) is 90.8 Å². The molecule has 0 saturated carbocycles. The Balaban J connectivity index is 1.29. The van der Waals surface area contributed by atoms with E-state index in [1.165, 1.54) is 30.2 Å². The lowest BCUT2D eigenvalue weighted by Gasteiger charge is -2.46. The maximum atomic E-state index is 15.3. The molecule has 1 amide bonds. The number of halogens is 2. The number of ether oxygens (including phenoxy) is 2. The second-order valence-electron chi connectivity index (χ2n) is 10.7. The van der Waals surface area contributed by atoms with Crippen LogP contribution in [0.15, 0.2) is 49.4 Å². The molecule has 0 spiro atoms. The van der Waals surface area contributed by atoms with Crippen LogP contribution < -0.4 is 9.47 Å². The summed E-state index contributed by atoms with van der Waals surface area (Å²) in [5.41, 5.74) is 2.82. The van der Waals surface area contributed by atoms with Crippen molar-refractivity contribution in [3.05, 3.63) is 72.2 Å². The standard InChI is InChI=1S/C29H31F2N7O4/c1-4-26(40)36-16-29(31,17-36)15-35-7-8-37-22(13-35)18(2)27(34-37)19-9-23(28-24(41-3)11-33-38(28)12-19)42-25(14-39)21-6-5-20(30)10-32-21/h4-6,9-12,25,39H,1,7-8,13-17H2,2-3H3. The van der Waals surface area contributed by atoms with E-state index in [0.29, 0.717) is 42.3 Å². The fourth-order valence-electron chi connectivity index (χ4n) is 5.68. The summed E-state index contributed by atoms with van der Waals surface area (Å²) >= 11 is 0. The number of hydrogen-bond acceptors (Lipinski definition) is 8. The van der Waals surface area contributed by atoms with E-state index in [9.17, 15) is 14.3 Å². The Morgan fingerprint density at radius 1 is 1.26 bits per heavy atom. The molecule has 0 radical (unpaired) electrons. The van der Waals surface area contributed by atoms with Gasteiger partial charge in [0.05, 0.1) is 62.8 Å². The van der Waals surface area contributed by atoms with E-state index in [1.54, 1.807) is 16.8 Å². The minimum atomic E-state index is -1.45. The van der Waals surface area contributed by atoms with Crippen LogP contribution in [0, 0.1) is 12.7 Å². The third-order valence-electron chi connectivity index (χ3n) is 7.82. The summed E-state index contributed by atoms with van der Waals surface area (Å²) in [7, 11) is 1.53. The molecule has 2 aliphatic rings. The van der Waals surface area contributed by atoms with Gasteiger partial charge in [0.2, 0.25) is 5.91 Å². The number of rotatable bonds is 9. The van der Waals surface area contributed by atoms with Gasteiger partial charge in [-0.2, -0.15) is 10.2 Å². The molecule has 1 atom stereocenters. The summed E-state index contributed by atoms with van der Waals surface area (Å²) < 4.78 is 44.1. The highest BCUT2D eigenvalue weighted by atomic mass is 19.1. The van der Waals surface area contributed by atoms with E-state index in [2.05, 4.69) is 21.6 Å². The monoisotopic (exact) mass is 579 g/mol. The van der Waals surface area contributed by atoms with Gasteiger partial charge < -0.3 is 19.5 Å². The third-order valence-corrected chi connectivity index (χ3v) is 7.82. The quantitative estimate of drug-likeness (QED) is 0.302. The van der Waals surface area contributed by atoms with Crippen LogP contribution in [0.4, 0.5) is 8.78 Å². The SMILES string of the molecule is C=CC(=O)N1CC(F)(CN2CCn3nc(-c4cc(OC(CO)c5ccc(F)cn5)c5c(OC)cnn5c4)c(C)c3C2)C1. The number of likely N-dealkylation sites (tertiary alicyclic amines) is 1. The van der Waals surface area contributed by atoms with Gasteiger partial charge in [-0.15, -0.1) is 0 Å². The minimum absolute atomic E-state index is 0.0657. The molecule has 0 bridgehead atoms. The molecule has 220 valence electrons. The molecule has 1 fully saturated rings. The van der Waals surface area contributed by atoms with Gasteiger partial charge in [0.1, 0.15) is 5.82 Å². The Bertz CT molecular complexity index is 1650. The zero-order valence-corrected chi connectivity index (χ0v) is 23.3. The van der Waals surface area contributed by atoms with Gasteiger partial charge in [-0.25, -0.2) is 13.3 Å². The topological polar surface area (TPSA) is 110 Å². The summed E-state index contributed by atoms with van der Waals surface area (Å²) in [5, 5.41) is 19.4. The second kappa shape index (κ2) is 10.8. The lowest BCUT2D eigenvalue weighted by molar-refractivity contribution is -0.142. The van der Waals surface area contributed by atoms with Crippen molar-refractivity contribution in [2.45, 2.75) is 31.8 Å². The first kappa shape index (κ1) is 27.8. The van der Waals surface area contributed by atoms with Gasteiger partial charge in [-0.3, -0.25) is 19.4 Å². The normalized spacial score (nSPS) is 17.0. The number of aromatic nitrogens is 5. The fraction of sp³-hybridized carbons (Fsp3) is 0.379. The van der Waals surface area contributed by atoms with E-state index in [0.717, 1.165) is 28.7 Å². The molecule has 6 rings (SSSR count). The Morgan fingerprint density at radius 3 is 2.76 bits per heavy atom. The van der Waals surface area contributed by atoms with Crippen LogP contribution in [0.5, 0.6) is 11.5 Å². The predicted octanol–water partition coefficient (Wildman–Crippen LogP) is 2.71. The van der Waals surface area contributed by atoms with Crippen molar-refractivity contribution in [3.8, 4) is 22.8 Å². The number of amides is 1. The van der Waals surface area contributed by atoms with E-state index in [1.807, 2.05) is 17.8 Å². The highest BCUT2D eigenvalue weighted by Gasteiger charge is 2.46. The number of alkyl halides is 1. The van der Waals surface area contributed by atoms with Gasteiger partial charge in [0.15, 0.2) is 28.8 Å². The van der Waals surface area contributed by atoms with Gasteiger partial charge >= 0.3 is 0 Å². The highest BCUT2D eigenvalue weighted by Crippen LogP contribution is 2.37. The van der Waals surface area contributed by atoms with Crippen molar-refractivity contribution in [2.24, 2.45) is 0 Å².